The van der Waals surface area contributed by atoms with Gasteiger partial charge in [-0.15, -0.1) is 0 Å². The second-order valence-electron chi connectivity index (χ2n) is 1.06. The van der Waals surface area contributed by atoms with Crippen LogP contribution in [0.25, 0.3) is 0 Å². The maximum atomic E-state index is 5.20. The summed E-state index contributed by atoms with van der Waals surface area (Å²) < 4.78 is 4.81. The normalized spacial score (nSPS) is 9.43. The molecule has 0 N–H and O–H groups in total. The minimum Gasteiger partial charge on any atom is -0.366 e. The molecule has 0 amide bonds. The summed E-state index contributed by atoms with van der Waals surface area (Å²) in [5, 5.41) is 0.990. The van der Waals surface area contributed by atoms with Gasteiger partial charge in [-0.05, 0) is 6.42 Å². The Kier molecular flexibility index (Phi) is 7.43. The second kappa shape index (κ2) is 6.73. The molecule has 1 nitrogen and oxygen atoms in total. The molecule has 0 aromatic rings. The van der Waals surface area contributed by atoms with Gasteiger partial charge in [0.2, 0.25) is 0 Å². The molecule has 0 aromatic carbocycles. The lowest BCUT2D eigenvalue weighted by Gasteiger charge is -1.92. The smallest absolute Gasteiger partial charge is 0.120 e. The van der Waals surface area contributed by atoms with Gasteiger partial charge in [-0.3, -0.25) is 0 Å². The third kappa shape index (κ3) is 6.73. The summed E-state index contributed by atoms with van der Waals surface area (Å²) in [6.07, 6.45) is 1.03. The van der Waals surface area contributed by atoms with E-state index in [1.165, 1.54) is 0 Å². The maximum absolute atomic E-state index is 5.20. The Labute approximate surface area is 57.1 Å². The number of ether oxygens (including phenoxy) is 1. The third-order valence-electron chi connectivity index (χ3n) is 0.499. The molecule has 0 atom stereocenters. The van der Waals surface area contributed by atoms with Crippen LogP contribution in [0.5, 0.6) is 0 Å². The summed E-state index contributed by atoms with van der Waals surface area (Å²) in [4.78, 5) is 0. The highest BCUT2D eigenvalue weighted by molar-refractivity contribution is 9.09. The van der Waals surface area contributed by atoms with Gasteiger partial charge in [0.25, 0.3) is 0 Å². The number of rotatable bonds is 4. The van der Waals surface area contributed by atoms with Gasteiger partial charge in [0, 0.05) is 11.9 Å². The van der Waals surface area contributed by atoms with E-state index in [2.05, 4.69) is 15.9 Å². The van der Waals surface area contributed by atoms with Gasteiger partial charge in [0.05, 0.1) is 0 Å². The molecule has 0 aliphatic rings. The van der Waals surface area contributed by atoms with Crippen LogP contribution in [-0.4, -0.2) is 18.0 Å². The molecule has 0 heterocycles. The highest BCUT2D eigenvalue weighted by atomic mass is 79.9. The van der Waals surface area contributed by atoms with Crippen molar-refractivity contribution in [1.82, 2.24) is 0 Å². The Hall–Kier alpha value is 0.730. The van der Waals surface area contributed by atoms with E-state index in [1.807, 2.05) is 0 Å². The molecule has 0 aliphatic heterocycles. The summed E-state index contributed by atoms with van der Waals surface area (Å²) in [5.41, 5.74) is 0. The van der Waals surface area contributed by atoms with Gasteiger partial charge in [0.1, 0.15) is 6.07 Å². The van der Waals surface area contributed by atoms with Crippen molar-refractivity contribution in [3.63, 3.8) is 0 Å². The first-order valence-corrected chi connectivity index (χ1v) is 3.77. The molecule has 0 saturated carbocycles. The first-order chi connectivity index (χ1) is 3.41. The molecule has 44 valence electrons. The molecular formula is C4H8BrClO. The summed E-state index contributed by atoms with van der Waals surface area (Å²) in [5.74, 6) is 0. The standard InChI is InChI=1S/C4H8BrClO/c5-2-1-3-7-4-6/h1-4H2. The van der Waals surface area contributed by atoms with Crippen LogP contribution in [0.1, 0.15) is 6.42 Å². The lowest BCUT2D eigenvalue weighted by molar-refractivity contribution is 0.181. The molecule has 0 spiro atoms. The van der Waals surface area contributed by atoms with Crippen LogP contribution in [-0.2, 0) is 4.74 Å². The lowest BCUT2D eigenvalue weighted by atomic mass is 10.5. The number of hydrogen-bond acceptors (Lipinski definition) is 1. The first-order valence-electron chi connectivity index (χ1n) is 2.11. The summed E-state index contributed by atoms with van der Waals surface area (Å²) in [6, 6.07) is 0.312. The van der Waals surface area contributed by atoms with Crippen molar-refractivity contribution in [2.75, 3.05) is 18.0 Å². The zero-order valence-electron chi connectivity index (χ0n) is 3.99. The van der Waals surface area contributed by atoms with E-state index < -0.39 is 0 Å². The summed E-state index contributed by atoms with van der Waals surface area (Å²) in [6.45, 7) is 0.759. The fourth-order valence-electron chi connectivity index (χ4n) is 0.211. The van der Waals surface area contributed by atoms with Gasteiger partial charge in [-0.25, -0.2) is 0 Å². The minimum absolute atomic E-state index is 0.312. The van der Waals surface area contributed by atoms with E-state index in [9.17, 15) is 0 Å². The van der Waals surface area contributed by atoms with Crippen LogP contribution in [0.4, 0.5) is 0 Å². The third-order valence-corrected chi connectivity index (χ3v) is 1.21. The Morgan fingerprint density at radius 1 is 1.57 bits per heavy atom. The molecular weight excluding hydrogens is 179 g/mol. The molecule has 0 unspecified atom stereocenters. The first kappa shape index (κ1) is 7.73. The Morgan fingerprint density at radius 3 is 2.71 bits per heavy atom. The SMILES string of the molecule is ClCOCCCBr. The number of halogens is 2. The van der Waals surface area contributed by atoms with Gasteiger partial charge < -0.3 is 4.74 Å². The zero-order valence-corrected chi connectivity index (χ0v) is 6.33. The predicted molar refractivity (Wildman–Crippen MR) is 35.1 cm³/mol. The van der Waals surface area contributed by atoms with E-state index in [0.29, 0.717) is 6.07 Å². The van der Waals surface area contributed by atoms with Gasteiger partial charge in [-0.1, -0.05) is 27.5 Å². The maximum Gasteiger partial charge on any atom is 0.120 e. The topological polar surface area (TPSA) is 9.23 Å². The van der Waals surface area contributed by atoms with E-state index >= 15 is 0 Å². The van der Waals surface area contributed by atoms with Crippen molar-refractivity contribution in [1.29, 1.82) is 0 Å². The van der Waals surface area contributed by atoms with E-state index in [0.717, 1.165) is 18.4 Å². The highest BCUT2D eigenvalue weighted by Crippen LogP contribution is 1.88. The summed E-state index contributed by atoms with van der Waals surface area (Å²) in [7, 11) is 0. The van der Waals surface area contributed by atoms with Crippen LogP contribution < -0.4 is 0 Å². The Morgan fingerprint density at radius 2 is 2.29 bits per heavy atom. The average molecular weight is 187 g/mol. The van der Waals surface area contributed by atoms with Crippen molar-refractivity contribution in [3.8, 4) is 0 Å². The van der Waals surface area contributed by atoms with Crippen LogP contribution >= 0.6 is 27.5 Å². The van der Waals surface area contributed by atoms with Crippen molar-refractivity contribution >= 4 is 27.5 Å². The number of alkyl halides is 2. The van der Waals surface area contributed by atoms with Gasteiger partial charge >= 0.3 is 0 Å². The summed E-state index contributed by atoms with van der Waals surface area (Å²) >= 11 is 8.46. The molecule has 0 rings (SSSR count). The zero-order chi connectivity index (χ0) is 5.54. The number of hydrogen-bond donors (Lipinski definition) is 0. The molecule has 0 fully saturated rings. The molecule has 3 heteroatoms. The van der Waals surface area contributed by atoms with Crippen molar-refractivity contribution in [2.45, 2.75) is 6.42 Å². The van der Waals surface area contributed by atoms with E-state index in [1.54, 1.807) is 0 Å². The monoisotopic (exact) mass is 186 g/mol. The Balaban J connectivity index is 2.45. The largest absolute Gasteiger partial charge is 0.366 e. The van der Waals surface area contributed by atoms with Gasteiger partial charge in [0.15, 0.2) is 0 Å². The van der Waals surface area contributed by atoms with E-state index in [-0.39, 0.29) is 0 Å². The fraction of sp³-hybridized carbons (Fsp3) is 1.00. The highest BCUT2D eigenvalue weighted by Gasteiger charge is 1.80. The quantitative estimate of drug-likeness (QED) is 0.483. The molecule has 0 aliphatic carbocycles. The van der Waals surface area contributed by atoms with E-state index in [4.69, 9.17) is 16.3 Å². The molecule has 0 saturated heterocycles. The fourth-order valence-corrected chi connectivity index (χ4v) is 0.549. The second-order valence-corrected chi connectivity index (χ2v) is 2.07. The average Bonchev–Trinajstić information content (AvgIpc) is 1.69. The van der Waals surface area contributed by atoms with Crippen molar-refractivity contribution in [2.24, 2.45) is 0 Å². The van der Waals surface area contributed by atoms with Crippen molar-refractivity contribution < 1.29 is 4.74 Å². The Bertz CT molecular complexity index is 30.9. The predicted octanol–water partition coefficient (Wildman–Crippen LogP) is 1.98. The van der Waals surface area contributed by atoms with Crippen molar-refractivity contribution in [3.05, 3.63) is 0 Å². The van der Waals surface area contributed by atoms with Crippen LogP contribution in [0.3, 0.4) is 0 Å². The van der Waals surface area contributed by atoms with Crippen LogP contribution in [0, 0.1) is 0 Å². The molecule has 0 radical (unpaired) electrons. The minimum atomic E-state index is 0.312. The van der Waals surface area contributed by atoms with Gasteiger partial charge in [-0.2, -0.15) is 0 Å². The molecule has 0 aromatic heterocycles. The lowest BCUT2D eigenvalue weighted by Crippen LogP contribution is -1.90. The molecule has 0 bridgehead atoms. The van der Waals surface area contributed by atoms with Crippen LogP contribution in [0.15, 0.2) is 0 Å². The van der Waals surface area contributed by atoms with Crippen LogP contribution in [0.2, 0.25) is 0 Å². The molecule has 7 heavy (non-hydrogen) atoms.